The molecular formula is C19H21FN2O4. The molecular weight excluding hydrogens is 339 g/mol. The molecule has 0 spiro atoms. The lowest BCUT2D eigenvalue weighted by molar-refractivity contribution is -0.128. The van der Waals surface area contributed by atoms with Crippen molar-refractivity contribution in [2.24, 2.45) is 0 Å². The fourth-order valence-corrected chi connectivity index (χ4v) is 2.20. The van der Waals surface area contributed by atoms with Crippen LogP contribution in [-0.4, -0.2) is 25.0 Å². The van der Waals surface area contributed by atoms with Crippen LogP contribution in [0.5, 0.6) is 11.5 Å². The van der Waals surface area contributed by atoms with Crippen molar-refractivity contribution in [2.75, 3.05) is 7.11 Å². The Labute approximate surface area is 151 Å². The molecule has 0 bridgehead atoms. The number of hydrogen-bond acceptors (Lipinski definition) is 4. The van der Waals surface area contributed by atoms with Crippen LogP contribution in [0.15, 0.2) is 36.4 Å². The summed E-state index contributed by atoms with van der Waals surface area (Å²) in [5, 5.41) is 0. The van der Waals surface area contributed by atoms with E-state index in [-0.39, 0.29) is 11.3 Å². The third-order valence-corrected chi connectivity index (χ3v) is 3.94. The van der Waals surface area contributed by atoms with Gasteiger partial charge in [0.15, 0.2) is 17.7 Å². The van der Waals surface area contributed by atoms with Crippen LogP contribution in [0.1, 0.15) is 28.4 Å². The summed E-state index contributed by atoms with van der Waals surface area (Å²) in [5.74, 6) is -1.23. The first-order chi connectivity index (χ1) is 12.3. The predicted molar refractivity (Wildman–Crippen MR) is 94.6 cm³/mol. The summed E-state index contributed by atoms with van der Waals surface area (Å²) in [6.45, 7) is 5.41. The second kappa shape index (κ2) is 8.33. The number of methoxy groups -OCH3 is 1. The maximum absolute atomic E-state index is 13.6. The van der Waals surface area contributed by atoms with Crippen molar-refractivity contribution in [1.29, 1.82) is 0 Å². The number of hydrazine groups is 1. The number of benzene rings is 2. The first kappa shape index (κ1) is 19.2. The summed E-state index contributed by atoms with van der Waals surface area (Å²) < 4.78 is 24.1. The Kier molecular flexibility index (Phi) is 6.16. The van der Waals surface area contributed by atoms with E-state index in [1.165, 1.54) is 19.2 Å². The van der Waals surface area contributed by atoms with Gasteiger partial charge >= 0.3 is 0 Å². The highest BCUT2D eigenvalue weighted by Gasteiger charge is 2.17. The van der Waals surface area contributed by atoms with E-state index >= 15 is 0 Å². The molecule has 7 heteroatoms. The lowest BCUT2D eigenvalue weighted by Gasteiger charge is -2.17. The average molecular weight is 360 g/mol. The van der Waals surface area contributed by atoms with Gasteiger partial charge in [0.25, 0.3) is 11.8 Å². The van der Waals surface area contributed by atoms with Crippen molar-refractivity contribution >= 4 is 11.8 Å². The van der Waals surface area contributed by atoms with Crippen LogP contribution in [0, 0.1) is 19.7 Å². The monoisotopic (exact) mass is 360 g/mol. The Balaban J connectivity index is 1.94. The van der Waals surface area contributed by atoms with Gasteiger partial charge in [0, 0.05) is 5.56 Å². The third-order valence-electron chi connectivity index (χ3n) is 3.94. The lowest BCUT2D eigenvalue weighted by atomic mass is 10.1. The predicted octanol–water partition coefficient (Wildman–Crippen LogP) is 2.68. The molecule has 6 nitrogen and oxygen atoms in total. The molecule has 2 aromatic rings. The Morgan fingerprint density at radius 2 is 1.81 bits per heavy atom. The van der Waals surface area contributed by atoms with Crippen molar-refractivity contribution < 1.29 is 23.5 Å². The lowest BCUT2D eigenvalue weighted by Crippen LogP contribution is -2.47. The average Bonchev–Trinajstić information content (AvgIpc) is 2.63. The summed E-state index contributed by atoms with van der Waals surface area (Å²) in [7, 11) is 1.33. The molecule has 0 fully saturated rings. The van der Waals surface area contributed by atoms with E-state index in [0.29, 0.717) is 5.75 Å². The topological polar surface area (TPSA) is 76.7 Å². The minimum atomic E-state index is -0.830. The van der Waals surface area contributed by atoms with Crippen molar-refractivity contribution in [3.05, 3.63) is 58.9 Å². The molecule has 0 radical (unpaired) electrons. The summed E-state index contributed by atoms with van der Waals surface area (Å²) >= 11 is 0. The highest BCUT2D eigenvalue weighted by atomic mass is 19.1. The zero-order chi connectivity index (χ0) is 19.3. The van der Waals surface area contributed by atoms with Crippen LogP contribution in [0.3, 0.4) is 0 Å². The number of amides is 2. The van der Waals surface area contributed by atoms with E-state index in [1.807, 2.05) is 26.0 Å². The Morgan fingerprint density at radius 3 is 2.46 bits per heavy atom. The Hall–Kier alpha value is -3.09. The Bertz CT molecular complexity index is 823. The number of ether oxygens (including phenoxy) is 2. The Morgan fingerprint density at radius 1 is 1.08 bits per heavy atom. The number of carbonyl (C=O) groups is 2. The van der Waals surface area contributed by atoms with Crippen LogP contribution >= 0.6 is 0 Å². The molecule has 0 saturated carbocycles. The number of aryl methyl sites for hydroxylation is 1. The number of hydrogen-bond donors (Lipinski definition) is 2. The van der Waals surface area contributed by atoms with E-state index in [2.05, 4.69) is 10.9 Å². The van der Waals surface area contributed by atoms with E-state index in [9.17, 15) is 14.0 Å². The van der Waals surface area contributed by atoms with Gasteiger partial charge in [0.1, 0.15) is 5.75 Å². The van der Waals surface area contributed by atoms with Gasteiger partial charge in [-0.05, 0) is 56.2 Å². The van der Waals surface area contributed by atoms with Crippen LogP contribution in [0.4, 0.5) is 4.39 Å². The van der Waals surface area contributed by atoms with E-state index < -0.39 is 23.7 Å². The molecule has 2 rings (SSSR count). The highest BCUT2D eigenvalue weighted by Crippen LogP contribution is 2.21. The second-order valence-electron chi connectivity index (χ2n) is 5.75. The molecule has 2 N–H and O–H groups in total. The zero-order valence-corrected chi connectivity index (χ0v) is 15.1. The molecule has 2 amide bonds. The van der Waals surface area contributed by atoms with E-state index in [4.69, 9.17) is 9.47 Å². The molecule has 0 aliphatic rings. The molecule has 0 saturated heterocycles. The van der Waals surface area contributed by atoms with Gasteiger partial charge in [0.05, 0.1) is 7.11 Å². The molecule has 0 heterocycles. The minimum absolute atomic E-state index is 0.0288. The number of carbonyl (C=O) groups excluding carboxylic acids is 2. The molecule has 0 unspecified atom stereocenters. The third kappa shape index (κ3) is 4.50. The summed E-state index contributed by atoms with van der Waals surface area (Å²) in [5.41, 5.74) is 6.53. The van der Waals surface area contributed by atoms with Crippen LogP contribution in [0.25, 0.3) is 0 Å². The standard InChI is InChI=1S/C19H21FN2O4/c1-11-6-5-7-16(12(11)2)26-13(3)18(23)21-22-19(24)14-8-9-17(25-4)15(20)10-14/h5-10,13H,1-4H3,(H,21,23)(H,22,24)/t13-/m0/s1. The van der Waals surface area contributed by atoms with Gasteiger partial charge < -0.3 is 9.47 Å². The zero-order valence-electron chi connectivity index (χ0n) is 15.1. The molecule has 26 heavy (non-hydrogen) atoms. The van der Waals surface area contributed by atoms with E-state index in [0.717, 1.165) is 17.2 Å². The van der Waals surface area contributed by atoms with Gasteiger partial charge in [-0.1, -0.05) is 12.1 Å². The van der Waals surface area contributed by atoms with Gasteiger partial charge in [-0.25, -0.2) is 4.39 Å². The minimum Gasteiger partial charge on any atom is -0.494 e. The number of halogens is 1. The second-order valence-corrected chi connectivity index (χ2v) is 5.75. The van der Waals surface area contributed by atoms with Gasteiger partial charge in [-0.15, -0.1) is 0 Å². The van der Waals surface area contributed by atoms with Crippen molar-refractivity contribution in [3.8, 4) is 11.5 Å². The van der Waals surface area contributed by atoms with Crippen molar-refractivity contribution in [2.45, 2.75) is 26.9 Å². The molecule has 1 atom stereocenters. The number of rotatable bonds is 5. The highest BCUT2D eigenvalue weighted by molar-refractivity contribution is 5.95. The van der Waals surface area contributed by atoms with Crippen molar-refractivity contribution in [1.82, 2.24) is 10.9 Å². The molecule has 2 aromatic carbocycles. The smallest absolute Gasteiger partial charge is 0.279 e. The normalized spacial score (nSPS) is 11.4. The molecule has 138 valence electrons. The van der Waals surface area contributed by atoms with Crippen molar-refractivity contribution in [3.63, 3.8) is 0 Å². The van der Waals surface area contributed by atoms with Crippen LogP contribution < -0.4 is 20.3 Å². The summed E-state index contributed by atoms with van der Waals surface area (Å²) in [6, 6.07) is 9.29. The maximum atomic E-state index is 13.6. The van der Waals surface area contributed by atoms with Gasteiger partial charge in [-0.3, -0.25) is 20.4 Å². The quantitative estimate of drug-likeness (QED) is 0.804. The maximum Gasteiger partial charge on any atom is 0.279 e. The number of nitrogens with one attached hydrogen (secondary N) is 2. The molecule has 0 aliphatic heterocycles. The summed E-state index contributed by atoms with van der Waals surface area (Å²) in [4.78, 5) is 24.1. The van der Waals surface area contributed by atoms with E-state index in [1.54, 1.807) is 13.0 Å². The molecule has 0 aliphatic carbocycles. The first-order valence-corrected chi connectivity index (χ1v) is 8.00. The summed E-state index contributed by atoms with van der Waals surface area (Å²) in [6.07, 6.45) is -0.830. The van der Waals surface area contributed by atoms with Gasteiger partial charge in [-0.2, -0.15) is 0 Å². The van der Waals surface area contributed by atoms with Gasteiger partial charge in [0.2, 0.25) is 0 Å². The van der Waals surface area contributed by atoms with Crippen LogP contribution in [-0.2, 0) is 4.79 Å². The SMILES string of the molecule is COc1ccc(C(=O)NNC(=O)[C@H](C)Oc2cccc(C)c2C)cc1F. The fourth-order valence-electron chi connectivity index (χ4n) is 2.20. The first-order valence-electron chi connectivity index (χ1n) is 8.00. The fraction of sp³-hybridized carbons (Fsp3) is 0.263. The van der Waals surface area contributed by atoms with Crippen LogP contribution in [0.2, 0.25) is 0 Å². The largest absolute Gasteiger partial charge is 0.494 e. The molecule has 0 aromatic heterocycles.